The maximum absolute atomic E-state index is 11.4. The van der Waals surface area contributed by atoms with E-state index in [0.717, 1.165) is 0 Å². The summed E-state index contributed by atoms with van der Waals surface area (Å²) in [6, 6.07) is 1.41. The second-order valence-electron chi connectivity index (χ2n) is 2.81. The molecule has 6 heteroatoms. The Morgan fingerprint density at radius 3 is 2.31 bits per heavy atom. The molecule has 0 spiro atoms. The molecule has 0 bridgehead atoms. The minimum Gasteiger partial charge on any atom is -0.226 e. The van der Waals surface area contributed by atoms with Crippen molar-refractivity contribution in [3.05, 3.63) is 18.5 Å². The molecule has 0 aromatic carbocycles. The summed E-state index contributed by atoms with van der Waals surface area (Å²) in [5, 5.41) is -0.191. The van der Waals surface area contributed by atoms with Crippen LogP contribution in [0.25, 0.3) is 0 Å². The fourth-order valence-electron chi connectivity index (χ4n) is 0.787. The van der Waals surface area contributed by atoms with Crippen LogP contribution in [-0.4, -0.2) is 24.4 Å². The monoisotopic (exact) mass is 201 g/mol. The van der Waals surface area contributed by atoms with Crippen LogP contribution in [0.3, 0.4) is 0 Å². The van der Waals surface area contributed by atoms with Gasteiger partial charge in [0.1, 0.15) is 0 Å². The van der Waals surface area contributed by atoms with E-state index in [-0.39, 0.29) is 11.2 Å². The van der Waals surface area contributed by atoms with Gasteiger partial charge in [-0.1, -0.05) is 0 Å². The highest BCUT2D eigenvalue weighted by Gasteiger charge is 2.17. The highest BCUT2D eigenvalue weighted by atomic mass is 32.2. The predicted octanol–water partition coefficient (Wildman–Crippen LogP) is 0.163. The average molecular weight is 201 g/mol. The van der Waals surface area contributed by atoms with Gasteiger partial charge < -0.3 is 0 Å². The molecule has 1 aromatic rings. The first-order chi connectivity index (χ1) is 6.02. The molecule has 1 heterocycles. The predicted molar refractivity (Wildman–Crippen MR) is 47.5 cm³/mol. The number of sulfonamides is 1. The van der Waals surface area contributed by atoms with Gasteiger partial charge in [0, 0.05) is 18.4 Å². The van der Waals surface area contributed by atoms with E-state index in [4.69, 9.17) is 0 Å². The smallest absolute Gasteiger partial charge is 0.226 e. The van der Waals surface area contributed by atoms with E-state index in [9.17, 15) is 8.42 Å². The van der Waals surface area contributed by atoms with Gasteiger partial charge in [0.15, 0.2) is 0 Å². The van der Waals surface area contributed by atoms with E-state index < -0.39 is 10.0 Å². The molecule has 0 aliphatic carbocycles. The Kier molecular flexibility index (Phi) is 2.94. The molecule has 13 heavy (non-hydrogen) atoms. The molecule has 0 atom stereocenters. The van der Waals surface area contributed by atoms with Gasteiger partial charge in [0.2, 0.25) is 0 Å². The van der Waals surface area contributed by atoms with Crippen LogP contribution >= 0.6 is 0 Å². The Morgan fingerprint density at radius 1 is 1.31 bits per heavy atom. The van der Waals surface area contributed by atoms with Crippen LogP contribution in [0.5, 0.6) is 0 Å². The normalized spacial score (nSPS) is 11.9. The summed E-state index contributed by atoms with van der Waals surface area (Å²) in [4.78, 5) is 7.28. The van der Waals surface area contributed by atoms with E-state index in [2.05, 4.69) is 14.7 Å². The SMILES string of the molecule is CC(C)NS(=O)(=O)c1ncccn1. The highest BCUT2D eigenvalue weighted by molar-refractivity contribution is 7.89. The molecule has 0 aliphatic heterocycles. The fourth-order valence-corrected chi connectivity index (χ4v) is 1.91. The molecule has 1 rings (SSSR count). The zero-order chi connectivity index (χ0) is 9.90. The molecule has 1 aromatic heterocycles. The number of nitrogens with one attached hydrogen (secondary N) is 1. The molecule has 0 aliphatic rings. The lowest BCUT2D eigenvalue weighted by molar-refractivity contribution is 0.560. The summed E-state index contributed by atoms with van der Waals surface area (Å²) in [6.07, 6.45) is 2.78. The van der Waals surface area contributed by atoms with Gasteiger partial charge in [0.25, 0.3) is 15.2 Å². The molecular formula is C7H11N3O2S. The lowest BCUT2D eigenvalue weighted by atomic mass is 10.4. The van der Waals surface area contributed by atoms with Crippen molar-refractivity contribution < 1.29 is 8.42 Å². The van der Waals surface area contributed by atoms with E-state index >= 15 is 0 Å². The Balaban J connectivity index is 2.96. The van der Waals surface area contributed by atoms with E-state index in [1.54, 1.807) is 19.9 Å². The maximum atomic E-state index is 11.4. The van der Waals surface area contributed by atoms with Crippen LogP contribution < -0.4 is 4.72 Å². The van der Waals surface area contributed by atoms with Crippen LogP contribution in [-0.2, 0) is 10.0 Å². The first kappa shape index (κ1) is 10.1. The summed E-state index contributed by atoms with van der Waals surface area (Å²) in [7, 11) is -3.53. The quantitative estimate of drug-likeness (QED) is 0.707. The van der Waals surface area contributed by atoms with Crippen molar-refractivity contribution >= 4 is 10.0 Å². The Morgan fingerprint density at radius 2 is 1.85 bits per heavy atom. The molecule has 0 unspecified atom stereocenters. The third-order valence-corrected chi connectivity index (χ3v) is 2.65. The third-order valence-electron chi connectivity index (χ3n) is 1.17. The topological polar surface area (TPSA) is 72.0 Å². The molecule has 0 amide bonds. The zero-order valence-corrected chi connectivity index (χ0v) is 8.25. The molecule has 5 nitrogen and oxygen atoms in total. The van der Waals surface area contributed by atoms with Crippen LogP contribution in [0, 0.1) is 0 Å². The second kappa shape index (κ2) is 3.80. The minimum atomic E-state index is -3.53. The van der Waals surface area contributed by atoms with Crippen LogP contribution in [0.1, 0.15) is 13.8 Å². The summed E-state index contributed by atoms with van der Waals surface area (Å²) in [5.74, 6) is 0. The summed E-state index contributed by atoms with van der Waals surface area (Å²) < 4.78 is 25.2. The molecule has 72 valence electrons. The largest absolute Gasteiger partial charge is 0.276 e. The molecule has 0 fully saturated rings. The maximum Gasteiger partial charge on any atom is 0.276 e. The van der Waals surface area contributed by atoms with Crippen molar-refractivity contribution in [2.75, 3.05) is 0 Å². The second-order valence-corrected chi connectivity index (χ2v) is 4.42. The lowest BCUT2D eigenvalue weighted by Crippen LogP contribution is -2.31. The van der Waals surface area contributed by atoms with Crippen molar-refractivity contribution in [1.29, 1.82) is 0 Å². The summed E-state index contributed by atoms with van der Waals surface area (Å²) in [6.45, 7) is 3.47. The Bertz CT molecular complexity index is 361. The van der Waals surface area contributed by atoms with Crippen molar-refractivity contribution in [2.24, 2.45) is 0 Å². The van der Waals surface area contributed by atoms with Gasteiger partial charge in [0.05, 0.1) is 0 Å². The average Bonchev–Trinajstić information content (AvgIpc) is 2.04. The van der Waals surface area contributed by atoms with Crippen molar-refractivity contribution in [2.45, 2.75) is 25.0 Å². The molecule has 0 saturated carbocycles. The highest BCUT2D eigenvalue weighted by Crippen LogP contribution is 1.99. The number of rotatable bonds is 3. The summed E-state index contributed by atoms with van der Waals surface area (Å²) >= 11 is 0. The summed E-state index contributed by atoms with van der Waals surface area (Å²) in [5.41, 5.74) is 0. The Hall–Kier alpha value is -1.01. The number of aromatic nitrogens is 2. The van der Waals surface area contributed by atoms with Crippen molar-refractivity contribution in [3.8, 4) is 0 Å². The van der Waals surface area contributed by atoms with E-state index in [1.165, 1.54) is 12.4 Å². The third kappa shape index (κ3) is 2.74. The first-order valence-electron chi connectivity index (χ1n) is 3.82. The van der Waals surface area contributed by atoms with Crippen LogP contribution in [0.2, 0.25) is 0 Å². The van der Waals surface area contributed by atoms with Crippen LogP contribution in [0.4, 0.5) is 0 Å². The van der Waals surface area contributed by atoms with Crippen molar-refractivity contribution in [1.82, 2.24) is 14.7 Å². The number of hydrogen-bond acceptors (Lipinski definition) is 4. The van der Waals surface area contributed by atoms with E-state index in [0.29, 0.717) is 0 Å². The van der Waals surface area contributed by atoms with Crippen molar-refractivity contribution in [3.63, 3.8) is 0 Å². The van der Waals surface area contributed by atoms with Gasteiger partial charge in [-0.25, -0.2) is 23.1 Å². The van der Waals surface area contributed by atoms with Gasteiger partial charge in [-0.3, -0.25) is 0 Å². The van der Waals surface area contributed by atoms with Gasteiger partial charge >= 0.3 is 0 Å². The van der Waals surface area contributed by atoms with Crippen LogP contribution in [0.15, 0.2) is 23.6 Å². The van der Waals surface area contributed by atoms with Gasteiger partial charge in [-0.15, -0.1) is 0 Å². The minimum absolute atomic E-state index is 0.159. The molecular weight excluding hydrogens is 190 g/mol. The fraction of sp³-hybridized carbons (Fsp3) is 0.429. The lowest BCUT2D eigenvalue weighted by Gasteiger charge is -2.06. The van der Waals surface area contributed by atoms with Gasteiger partial charge in [-0.2, -0.15) is 0 Å². The Labute approximate surface area is 77.3 Å². The first-order valence-corrected chi connectivity index (χ1v) is 5.30. The standard InChI is InChI=1S/C7H11N3O2S/c1-6(2)10-13(11,12)7-8-4-3-5-9-7/h3-6,10H,1-2H3. The van der Waals surface area contributed by atoms with Gasteiger partial charge in [-0.05, 0) is 19.9 Å². The molecule has 0 radical (unpaired) electrons. The number of hydrogen-bond donors (Lipinski definition) is 1. The zero-order valence-electron chi connectivity index (χ0n) is 7.43. The molecule has 0 saturated heterocycles. The molecule has 1 N–H and O–H groups in total. The number of nitrogens with zero attached hydrogens (tertiary/aromatic N) is 2. The van der Waals surface area contributed by atoms with E-state index in [1.807, 2.05) is 0 Å².